The second-order valence-corrected chi connectivity index (χ2v) is 5.16. The van der Waals surface area contributed by atoms with Gasteiger partial charge in [-0.1, -0.05) is 6.92 Å². The van der Waals surface area contributed by atoms with E-state index in [9.17, 15) is 4.79 Å². The van der Waals surface area contributed by atoms with Gasteiger partial charge in [-0.2, -0.15) is 0 Å². The van der Waals surface area contributed by atoms with E-state index in [2.05, 4.69) is 12.2 Å². The highest BCUT2D eigenvalue weighted by Crippen LogP contribution is 2.22. The normalized spacial score (nSPS) is 23.9. The fraction of sp³-hybridized carbons (Fsp3) is 0.929. The van der Waals surface area contributed by atoms with Gasteiger partial charge in [0.05, 0.1) is 0 Å². The first-order valence-electron chi connectivity index (χ1n) is 7.17. The quantitative estimate of drug-likeness (QED) is 0.706. The summed E-state index contributed by atoms with van der Waals surface area (Å²) in [5, 5.41) is 3.50. The third-order valence-corrected chi connectivity index (χ3v) is 3.87. The van der Waals surface area contributed by atoms with Crippen LogP contribution < -0.4 is 5.32 Å². The monoisotopic (exact) mass is 256 g/mol. The zero-order valence-corrected chi connectivity index (χ0v) is 12.1. The predicted molar refractivity (Wildman–Crippen MR) is 73.6 cm³/mol. The number of nitrogens with zero attached hydrogens (tertiary/aromatic N) is 1. The lowest BCUT2D eigenvalue weighted by Crippen LogP contribution is -2.43. The SMILES string of the molecule is CCNC1CCC(N(C)C(=O)CCCOC)CC1. The summed E-state index contributed by atoms with van der Waals surface area (Å²) in [6, 6.07) is 1.10. The largest absolute Gasteiger partial charge is 0.385 e. The molecule has 0 spiro atoms. The van der Waals surface area contributed by atoms with Crippen LogP contribution in [0.15, 0.2) is 0 Å². The number of rotatable bonds is 7. The van der Waals surface area contributed by atoms with Crippen LogP contribution in [0.4, 0.5) is 0 Å². The lowest BCUT2D eigenvalue weighted by molar-refractivity contribution is -0.133. The third kappa shape index (κ3) is 4.94. The first-order chi connectivity index (χ1) is 8.69. The first-order valence-corrected chi connectivity index (χ1v) is 7.17. The molecule has 4 nitrogen and oxygen atoms in total. The van der Waals surface area contributed by atoms with Crippen LogP contribution in [0.1, 0.15) is 45.4 Å². The molecule has 0 radical (unpaired) electrons. The maximum atomic E-state index is 12.0. The van der Waals surface area contributed by atoms with Crippen LogP contribution in [0.2, 0.25) is 0 Å². The molecule has 0 aromatic heterocycles. The van der Waals surface area contributed by atoms with Gasteiger partial charge in [-0.15, -0.1) is 0 Å². The molecule has 1 aliphatic carbocycles. The average molecular weight is 256 g/mol. The number of methoxy groups -OCH3 is 1. The van der Waals surface area contributed by atoms with Crippen molar-refractivity contribution in [3.05, 3.63) is 0 Å². The Bertz CT molecular complexity index is 238. The van der Waals surface area contributed by atoms with Gasteiger partial charge in [0.15, 0.2) is 0 Å². The van der Waals surface area contributed by atoms with E-state index in [0.717, 1.165) is 25.8 Å². The number of ether oxygens (including phenoxy) is 1. The molecular weight excluding hydrogens is 228 g/mol. The molecule has 0 aromatic rings. The van der Waals surface area contributed by atoms with Gasteiger partial charge in [-0.3, -0.25) is 4.79 Å². The Balaban J connectivity index is 2.26. The summed E-state index contributed by atoms with van der Waals surface area (Å²) >= 11 is 0. The molecule has 0 aliphatic heterocycles. The summed E-state index contributed by atoms with van der Waals surface area (Å²) < 4.78 is 4.98. The lowest BCUT2D eigenvalue weighted by Gasteiger charge is -2.35. The van der Waals surface area contributed by atoms with Crippen molar-refractivity contribution in [1.82, 2.24) is 10.2 Å². The Kier molecular flexibility index (Phi) is 7.28. The maximum absolute atomic E-state index is 12.0. The fourth-order valence-electron chi connectivity index (χ4n) is 2.70. The van der Waals surface area contributed by atoms with Gasteiger partial charge in [-0.25, -0.2) is 0 Å². The summed E-state index contributed by atoms with van der Waals surface area (Å²) in [4.78, 5) is 13.9. The fourth-order valence-corrected chi connectivity index (χ4v) is 2.70. The Morgan fingerprint density at radius 2 is 2.00 bits per heavy atom. The highest BCUT2D eigenvalue weighted by molar-refractivity contribution is 5.76. The minimum atomic E-state index is 0.263. The zero-order chi connectivity index (χ0) is 13.4. The van der Waals surface area contributed by atoms with Gasteiger partial charge < -0.3 is 15.0 Å². The minimum Gasteiger partial charge on any atom is -0.385 e. The van der Waals surface area contributed by atoms with Crippen molar-refractivity contribution in [3.8, 4) is 0 Å². The number of nitrogens with one attached hydrogen (secondary N) is 1. The molecule has 0 atom stereocenters. The van der Waals surface area contributed by atoms with Gasteiger partial charge in [0.25, 0.3) is 0 Å². The molecule has 1 N–H and O–H groups in total. The van der Waals surface area contributed by atoms with Crippen LogP contribution in [-0.4, -0.2) is 50.2 Å². The van der Waals surface area contributed by atoms with Gasteiger partial charge in [0.1, 0.15) is 0 Å². The Labute approximate surface area is 111 Å². The van der Waals surface area contributed by atoms with Gasteiger partial charge in [0, 0.05) is 39.3 Å². The van der Waals surface area contributed by atoms with Crippen molar-refractivity contribution in [2.75, 3.05) is 27.3 Å². The average Bonchev–Trinajstić information content (AvgIpc) is 2.39. The zero-order valence-electron chi connectivity index (χ0n) is 12.1. The van der Waals surface area contributed by atoms with Crippen LogP contribution in [0.25, 0.3) is 0 Å². The molecule has 0 bridgehead atoms. The molecule has 0 aromatic carbocycles. The Hall–Kier alpha value is -0.610. The molecule has 1 fully saturated rings. The van der Waals surface area contributed by atoms with Crippen molar-refractivity contribution >= 4 is 5.91 Å². The lowest BCUT2D eigenvalue weighted by atomic mass is 9.90. The van der Waals surface area contributed by atoms with E-state index >= 15 is 0 Å². The second kappa shape index (κ2) is 8.48. The first kappa shape index (κ1) is 15.4. The van der Waals surface area contributed by atoms with Gasteiger partial charge in [0.2, 0.25) is 5.91 Å². The topological polar surface area (TPSA) is 41.6 Å². The molecule has 1 rings (SSSR count). The number of hydrogen-bond acceptors (Lipinski definition) is 3. The number of hydrogen-bond donors (Lipinski definition) is 1. The summed E-state index contributed by atoms with van der Waals surface area (Å²) in [6.45, 7) is 3.87. The summed E-state index contributed by atoms with van der Waals surface area (Å²) in [5.74, 6) is 0.263. The van der Waals surface area contributed by atoms with E-state index < -0.39 is 0 Å². The molecule has 1 saturated carbocycles. The molecule has 0 unspecified atom stereocenters. The van der Waals surface area contributed by atoms with Crippen LogP contribution in [0.3, 0.4) is 0 Å². The molecule has 0 saturated heterocycles. The highest BCUT2D eigenvalue weighted by Gasteiger charge is 2.25. The van der Waals surface area contributed by atoms with Gasteiger partial charge >= 0.3 is 0 Å². The van der Waals surface area contributed by atoms with E-state index in [4.69, 9.17) is 4.74 Å². The van der Waals surface area contributed by atoms with Crippen molar-refractivity contribution in [2.45, 2.75) is 57.5 Å². The van der Waals surface area contributed by atoms with E-state index in [1.54, 1.807) is 7.11 Å². The predicted octanol–water partition coefficient (Wildman–Crippen LogP) is 1.79. The van der Waals surface area contributed by atoms with Crippen LogP contribution >= 0.6 is 0 Å². The number of amides is 1. The molecule has 4 heteroatoms. The van der Waals surface area contributed by atoms with E-state index in [1.165, 1.54) is 12.8 Å². The Morgan fingerprint density at radius 3 is 2.56 bits per heavy atom. The smallest absolute Gasteiger partial charge is 0.222 e. The molecular formula is C14H28N2O2. The van der Waals surface area contributed by atoms with Gasteiger partial charge in [-0.05, 0) is 38.6 Å². The number of carbonyl (C=O) groups excluding carboxylic acids is 1. The van der Waals surface area contributed by atoms with Crippen LogP contribution in [0, 0.1) is 0 Å². The molecule has 106 valence electrons. The van der Waals surface area contributed by atoms with Crippen molar-refractivity contribution in [2.24, 2.45) is 0 Å². The Morgan fingerprint density at radius 1 is 1.33 bits per heavy atom. The summed E-state index contributed by atoms with van der Waals surface area (Å²) in [5.41, 5.74) is 0. The molecule has 18 heavy (non-hydrogen) atoms. The summed E-state index contributed by atoms with van der Waals surface area (Å²) in [7, 11) is 3.63. The molecule has 1 amide bonds. The summed E-state index contributed by atoms with van der Waals surface area (Å²) in [6.07, 6.45) is 6.07. The third-order valence-electron chi connectivity index (χ3n) is 3.87. The van der Waals surface area contributed by atoms with Crippen LogP contribution in [-0.2, 0) is 9.53 Å². The standard InChI is InChI=1S/C14H28N2O2/c1-4-15-12-7-9-13(10-8-12)16(2)14(17)6-5-11-18-3/h12-13,15H,4-11H2,1-3H3. The van der Waals surface area contributed by atoms with E-state index in [0.29, 0.717) is 25.1 Å². The number of carbonyl (C=O) groups is 1. The highest BCUT2D eigenvalue weighted by atomic mass is 16.5. The maximum Gasteiger partial charge on any atom is 0.222 e. The molecule has 0 heterocycles. The van der Waals surface area contributed by atoms with Crippen molar-refractivity contribution < 1.29 is 9.53 Å². The van der Waals surface area contributed by atoms with E-state index in [-0.39, 0.29) is 5.91 Å². The van der Waals surface area contributed by atoms with Crippen molar-refractivity contribution in [3.63, 3.8) is 0 Å². The second-order valence-electron chi connectivity index (χ2n) is 5.16. The van der Waals surface area contributed by atoms with Crippen molar-refractivity contribution in [1.29, 1.82) is 0 Å². The van der Waals surface area contributed by atoms with E-state index in [1.807, 2.05) is 11.9 Å². The van der Waals surface area contributed by atoms with Crippen LogP contribution in [0.5, 0.6) is 0 Å². The minimum absolute atomic E-state index is 0.263. The molecule has 1 aliphatic rings.